The van der Waals surface area contributed by atoms with Crippen LogP contribution >= 0.6 is 0 Å². The van der Waals surface area contributed by atoms with Gasteiger partial charge in [-0.1, -0.05) is 26.0 Å². The zero-order valence-corrected chi connectivity index (χ0v) is 17.8. The second-order valence-electron chi connectivity index (χ2n) is 8.39. The van der Waals surface area contributed by atoms with Gasteiger partial charge in [-0.2, -0.15) is 0 Å². The standard InChI is InChI=1S/C23H31N3O3/c1-5-17-8-12-19(13-9-17)25-14-20(23(28)29)21(24-25)26(15(2)3)22(27)18-10-6-16(4)7-11-18/h8-9,12-16,18H,5-7,10-11H2,1-4H3,(H,28,29). The topological polar surface area (TPSA) is 75.4 Å². The summed E-state index contributed by atoms with van der Waals surface area (Å²) in [5.41, 5.74) is 2.03. The van der Waals surface area contributed by atoms with E-state index in [0.717, 1.165) is 37.8 Å². The summed E-state index contributed by atoms with van der Waals surface area (Å²) in [5.74, 6) is -0.278. The lowest BCUT2D eigenvalue weighted by Crippen LogP contribution is -2.43. The summed E-state index contributed by atoms with van der Waals surface area (Å²) in [6.07, 6.45) is 6.21. The number of aromatic carboxylic acids is 1. The molecule has 1 heterocycles. The first-order valence-electron chi connectivity index (χ1n) is 10.6. The van der Waals surface area contributed by atoms with E-state index < -0.39 is 5.97 Å². The van der Waals surface area contributed by atoms with Crippen molar-refractivity contribution in [1.29, 1.82) is 0 Å². The number of hydrogen-bond acceptors (Lipinski definition) is 3. The fourth-order valence-electron chi connectivity index (χ4n) is 4.02. The molecule has 2 aromatic rings. The summed E-state index contributed by atoms with van der Waals surface area (Å²) >= 11 is 0. The van der Waals surface area contributed by atoms with Gasteiger partial charge in [-0.05, 0) is 69.6 Å². The summed E-state index contributed by atoms with van der Waals surface area (Å²) in [6, 6.07) is 7.68. The van der Waals surface area contributed by atoms with Crippen molar-refractivity contribution in [2.24, 2.45) is 11.8 Å². The monoisotopic (exact) mass is 397 g/mol. The molecule has 1 fully saturated rings. The number of hydrogen-bond donors (Lipinski definition) is 1. The van der Waals surface area contributed by atoms with E-state index in [1.54, 1.807) is 9.58 Å². The largest absolute Gasteiger partial charge is 0.477 e. The molecule has 6 heteroatoms. The van der Waals surface area contributed by atoms with Gasteiger partial charge in [-0.15, -0.1) is 5.10 Å². The second-order valence-corrected chi connectivity index (χ2v) is 8.39. The lowest BCUT2D eigenvalue weighted by molar-refractivity contribution is -0.123. The zero-order chi connectivity index (χ0) is 21.1. The van der Waals surface area contributed by atoms with E-state index in [4.69, 9.17) is 0 Å². The Labute approximate surface area is 172 Å². The molecule has 1 aromatic carbocycles. The van der Waals surface area contributed by atoms with Gasteiger partial charge in [0.25, 0.3) is 0 Å². The number of amides is 1. The van der Waals surface area contributed by atoms with Crippen molar-refractivity contribution in [3.05, 3.63) is 41.6 Å². The Bertz CT molecular complexity index is 862. The van der Waals surface area contributed by atoms with Crippen LogP contribution in [0.5, 0.6) is 0 Å². The Morgan fingerprint density at radius 2 is 1.79 bits per heavy atom. The van der Waals surface area contributed by atoms with Gasteiger partial charge in [0.1, 0.15) is 5.56 Å². The molecule has 0 aliphatic heterocycles. The fraction of sp³-hybridized carbons (Fsp3) is 0.522. The predicted molar refractivity (Wildman–Crippen MR) is 114 cm³/mol. The average Bonchev–Trinajstić information content (AvgIpc) is 3.13. The number of carboxylic acids is 1. The normalized spacial score (nSPS) is 19.3. The molecule has 1 saturated carbocycles. The smallest absolute Gasteiger partial charge is 0.341 e. The Morgan fingerprint density at radius 1 is 1.17 bits per heavy atom. The molecule has 3 rings (SSSR count). The summed E-state index contributed by atoms with van der Waals surface area (Å²) in [7, 11) is 0. The summed E-state index contributed by atoms with van der Waals surface area (Å²) in [6.45, 7) is 8.12. The molecular weight excluding hydrogens is 366 g/mol. The van der Waals surface area contributed by atoms with E-state index >= 15 is 0 Å². The van der Waals surface area contributed by atoms with Crippen molar-refractivity contribution in [2.75, 3.05) is 4.90 Å². The molecule has 1 aliphatic rings. The molecule has 1 N–H and O–H groups in total. The number of nitrogens with zero attached hydrogens (tertiary/aromatic N) is 3. The fourth-order valence-corrected chi connectivity index (χ4v) is 4.02. The maximum atomic E-state index is 13.3. The van der Waals surface area contributed by atoms with E-state index in [0.29, 0.717) is 5.92 Å². The van der Waals surface area contributed by atoms with Crippen molar-refractivity contribution >= 4 is 17.7 Å². The number of rotatable bonds is 6. The zero-order valence-electron chi connectivity index (χ0n) is 17.8. The van der Waals surface area contributed by atoms with Crippen LogP contribution in [-0.2, 0) is 11.2 Å². The summed E-state index contributed by atoms with van der Waals surface area (Å²) in [4.78, 5) is 26.9. The Morgan fingerprint density at radius 3 is 2.31 bits per heavy atom. The molecule has 1 aromatic heterocycles. The highest BCUT2D eigenvalue weighted by atomic mass is 16.4. The van der Waals surface area contributed by atoms with Crippen LogP contribution in [0.25, 0.3) is 5.69 Å². The van der Waals surface area contributed by atoms with Crippen molar-refractivity contribution in [1.82, 2.24) is 9.78 Å². The van der Waals surface area contributed by atoms with E-state index in [9.17, 15) is 14.7 Å². The highest BCUT2D eigenvalue weighted by molar-refractivity contribution is 6.01. The number of aryl methyl sites for hydroxylation is 1. The molecular formula is C23H31N3O3. The first-order valence-corrected chi connectivity index (χ1v) is 10.6. The average molecular weight is 398 g/mol. The lowest BCUT2D eigenvalue weighted by atomic mass is 9.82. The van der Waals surface area contributed by atoms with Gasteiger partial charge in [0.15, 0.2) is 5.82 Å². The quantitative estimate of drug-likeness (QED) is 0.766. The van der Waals surface area contributed by atoms with Crippen molar-refractivity contribution in [3.8, 4) is 5.69 Å². The number of carboxylic acid groups (broad SMARTS) is 1. The Balaban J connectivity index is 1.97. The minimum atomic E-state index is -1.08. The maximum Gasteiger partial charge on any atom is 0.341 e. The number of aromatic nitrogens is 2. The van der Waals surface area contributed by atoms with Crippen LogP contribution in [0.3, 0.4) is 0 Å². The number of anilines is 1. The highest BCUT2D eigenvalue weighted by Crippen LogP contribution is 2.32. The molecule has 29 heavy (non-hydrogen) atoms. The Kier molecular flexibility index (Phi) is 6.40. The predicted octanol–water partition coefficient (Wildman–Crippen LogP) is 4.70. The number of carbonyl (C=O) groups is 2. The van der Waals surface area contributed by atoms with Crippen LogP contribution in [0, 0.1) is 11.8 Å². The lowest BCUT2D eigenvalue weighted by Gasteiger charge is -2.32. The van der Waals surface area contributed by atoms with Crippen LogP contribution < -0.4 is 4.90 Å². The summed E-state index contributed by atoms with van der Waals surface area (Å²) < 4.78 is 1.56. The minimum absolute atomic E-state index is 0.0130. The molecule has 6 nitrogen and oxygen atoms in total. The molecule has 0 unspecified atom stereocenters. The van der Waals surface area contributed by atoms with Crippen molar-refractivity contribution in [2.45, 2.75) is 65.8 Å². The van der Waals surface area contributed by atoms with Crippen LogP contribution in [0.1, 0.15) is 69.3 Å². The third-order valence-corrected chi connectivity index (χ3v) is 5.88. The van der Waals surface area contributed by atoms with E-state index in [1.165, 1.54) is 11.8 Å². The second kappa shape index (κ2) is 8.80. The van der Waals surface area contributed by atoms with Crippen LogP contribution in [0.2, 0.25) is 0 Å². The first-order chi connectivity index (χ1) is 13.8. The van der Waals surface area contributed by atoms with Gasteiger partial charge in [-0.3, -0.25) is 9.69 Å². The third kappa shape index (κ3) is 4.52. The minimum Gasteiger partial charge on any atom is -0.477 e. The van der Waals surface area contributed by atoms with E-state index in [2.05, 4.69) is 18.9 Å². The Hall–Kier alpha value is -2.63. The molecule has 0 atom stereocenters. The van der Waals surface area contributed by atoms with Gasteiger partial charge in [-0.25, -0.2) is 9.48 Å². The molecule has 0 bridgehead atoms. The van der Waals surface area contributed by atoms with Gasteiger partial charge in [0.2, 0.25) is 5.91 Å². The summed E-state index contributed by atoms with van der Waals surface area (Å²) in [5, 5.41) is 14.3. The highest BCUT2D eigenvalue weighted by Gasteiger charge is 2.34. The molecule has 1 aliphatic carbocycles. The van der Waals surface area contributed by atoms with Crippen LogP contribution in [0.15, 0.2) is 30.5 Å². The van der Waals surface area contributed by atoms with Crippen LogP contribution in [0.4, 0.5) is 5.82 Å². The number of benzene rings is 1. The van der Waals surface area contributed by atoms with E-state index in [1.807, 2.05) is 38.1 Å². The maximum absolute atomic E-state index is 13.3. The third-order valence-electron chi connectivity index (χ3n) is 5.88. The van der Waals surface area contributed by atoms with Crippen molar-refractivity contribution < 1.29 is 14.7 Å². The van der Waals surface area contributed by atoms with Gasteiger partial charge in [0, 0.05) is 18.2 Å². The van der Waals surface area contributed by atoms with Gasteiger partial charge in [0.05, 0.1) is 5.69 Å². The SMILES string of the molecule is CCc1ccc(-n2cc(C(=O)O)c(N(C(=O)C3CCC(C)CC3)C(C)C)n2)cc1. The van der Waals surface area contributed by atoms with Gasteiger partial charge < -0.3 is 5.11 Å². The molecule has 156 valence electrons. The molecule has 0 radical (unpaired) electrons. The van der Waals surface area contributed by atoms with Gasteiger partial charge >= 0.3 is 5.97 Å². The van der Waals surface area contributed by atoms with E-state index in [-0.39, 0.29) is 29.2 Å². The van der Waals surface area contributed by atoms with Crippen LogP contribution in [-0.4, -0.2) is 32.8 Å². The molecule has 1 amide bonds. The van der Waals surface area contributed by atoms with Crippen molar-refractivity contribution in [3.63, 3.8) is 0 Å². The molecule has 0 saturated heterocycles. The molecule has 0 spiro atoms. The first kappa shape index (κ1) is 21.1. The number of carbonyl (C=O) groups excluding carboxylic acids is 1.